The number of aryl methyl sites for hydroxylation is 1. The Morgan fingerprint density at radius 1 is 1.38 bits per heavy atom. The Labute approximate surface area is 106 Å². The smallest absolute Gasteiger partial charge is 0.254 e. The van der Waals surface area contributed by atoms with Crippen molar-refractivity contribution in [3.63, 3.8) is 0 Å². The molecule has 1 aromatic rings. The largest absolute Gasteiger partial charge is 0.335 e. The van der Waals surface area contributed by atoms with Crippen molar-refractivity contribution in [2.45, 2.75) is 26.8 Å². The van der Waals surface area contributed by atoms with Crippen molar-refractivity contribution in [1.82, 2.24) is 4.90 Å². The van der Waals surface area contributed by atoms with Gasteiger partial charge in [-0.2, -0.15) is 0 Å². The first kappa shape index (κ1) is 13.2. The van der Waals surface area contributed by atoms with E-state index in [-0.39, 0.29) is 11.9 Å². The molecule has 16 heavy (non-hydrogen) atoms. The number of carbonyl (C=O) groups is 1. The summed E-state index contributed by atoms with van der Waals surface area (Å²) in [6, 6.07) is 7.95. The van der Waals surface area contributed by atoms with Crippen molar-refractivity contribution in [3.05, 3.63) is 35.4 Å². The Morgan fingerprint density at radius 2 is 2.00 bits per heavy atom. The molecule has 0 aliphatic carbocycles. The SMILES string of the molecule is Cc1ccccc1C(=O)N(CCBr)C(C)C. The maximum absolute atomic E-state index is 12.3. The lowest BCUT2D eigenvalue weighted by Gasteiger charge is -2.26. The molecule has 0 unspecified atom stereocenters. The van der Waals surface area contributed by atoms with Gasteiger partial charge in [0.15, 0.2) is 0 Å². The first-order valence-electron chi connectivity index (χ1n) is 5.50. The second-order valence-electron chi connectivity index (χ2n) is 4.10. The lowest BCUT2D eigenvalue weighted by Crippen LogP contribution is -2.38. The summed E-state index contributed by atoms with van der Waals surface area (Å²) in [4.78, 5) is 14.2. The van der Waals surface area contributed by atoms with Crippen LogP contribution in [0.3, 0.4) is 0 Å². The fourth-order valence-corrected chi connectivity index (χ4v) is 2.03. The van der Waals surface area contributed by atoms with Crippen LogP contribution in [-0.4, -0.2) is 28.7 Å². The molecule has 0 bridgehead atoms. The Balaban J connectivity index is 2.95. The van der Waals surface area contributed by atoms with Gasteiger partial charge in [-0.15, -0.1) is 0 Å². The monoisotopic (exact) mass is 283 g/mol. The standard InChI is InChI=1S/C13H18BrNO/c1-10(2)15(9-8-14)13(16)12-7-5-4-6-11(12)3/h4-7,10H,8-9H2,1-3H3. The summed E-state index contributed by atoms with van der Waals surface area (Å²) in [6.07, 6.45) is 0. The summed E-state index contributed by atoms with van der Waals surface area (Å²) in [7, 11) is 0. The molecule has 0 aliphatic rings. The van der Waals surface area contributed by atoms with Gasteiger partial charge < -0.3 is 4.90 Å². The van der Waals surface area contributed by atoms with Crippen LogP contribution in [0, 0.1) is 6.92 Å². The molecular formula is C13H18BrNO. The molecule has 0 saturated carbocycles. The number of nitrogens with zero attached hydrogens (tertiary/aromatic N) is 1. The number of amides is 1. The third-order valence-electron chi connectivity index (χ3n) is 2.59. The molecule has 3 heteroatoms. The van der Waals surface area contributed by atoms with Crippen molar-refractivity contribution in [2.75, 3.05) is 11.9 Å². The number of hydrogen-bond acceptors (Lipinski definition) is 1. The molecule has 1 aromatic carbocycles. The Morgan fingerprint density at radius 3 is 2.50 bits per heavy atom. The van der Waals surface area contributed by atoms with Crippen LogP contribution in [0.2, 0.25) is 0 Å². The van der Waals surface area contributed by atoms with E-state index in [0.29, 0.717) is 0 Å². The average Bonchev–Trinajstić information content (AvgIpc) is 2.25. The minimum Gasteiger partial charge on any atom is -0.335 e. The molecule has 0 fully saturated rings. The van der Waals surface area contributed by atoms with Gasteiger partial charge in [0.05, 0.1) is 0 Å². The minimum atomic E-state index is 0.118. The van der Waals surface area contributed by atoms with Crippen molar-refractivity contribution >= 4 is 21.8 Å². The van der Waals surface area contributed by atoms with Gasteiger partial charge in [-0.05, 0) is 32.4 Å². The number of rotatable bonds is 4. The first-order valence-corrected chi connectivity index (χ1v) is 6.62. The lowest BCUT2D eigenvalue weighted by atomic mass is 10.1. The number of hydrogen-bond donors (Lipinski definition) is 0. The van der Waals surface area contributed by atoms with Crippen molar-refractivity contribution in [2.24, 2.45) is 0 Å². The van der Waals surface area contributed by atoms with Crippen molar-refractivity contribution < 1.29 is 4.79 Å². The molecule has 88 valence electrons. The summed E-state index contributed by atoms with van der Waals surface area (Å²) < 4.78 is 0. The predicted octanol–water partition coefficient (Wildman–Crippen LogP) is 3.24. The van der Waals surface area contributed by atoms with Gasteiger partial charge in [-0.1, -0.05) is 34.1 Å². The van der Waals surface area contributed by atoms with Crippen LogP contribution in [0.15, 0.2) is 24.3 Å². The van der Waals surface area contributed by atoms with E-state index in [1.54, 1.807) is 0 Å². The van der Waals surface area contributed by atoms with E-state index in [1.165, 1.54) is 0 Å². The molecule has 0 spiro atoms. The average molecular weight is 284 g/mol. The third-order valence-corrected chi connectivity index (χ3v) is 2.94. The molecular weight excluding hydrogens is 266 g/mol. The number of carbonyl (C=O) groups excluding carboxylic acids is 1. The zero-order chi connectivity index (χ0) is 12.1. The van der Waals surface area contributed by atoms with Crippen molar-refractivity contribution in [1.29, 1.82) is 0 Å². The maximum atomic E-state index is 12.3. The Kier molecular flexibility index (Phi) is 5.00. The van der Waals surface area contributed by atoms with E-state index in [9.17, 15) is 4.79 Å². The highest BCUT2D eigenvalue weighted by Crippen LogP contribution is 2.13. The highest BCUT2D eigenvalue weighted by molar-refractivity contribution is 9.09. The number of alkyl halides is 1. The summed E-state index contributed by atoms with van der Waals surface area (Å²) >= 11 is 3.38. The third kappa shape index (κ3) is 3.08. The molecule has 0 aromatic heterocycles. The summed E-state index contributed by atoms with van der Waals surface area (Å²) in [5.41, 5.74) is 1.84. The van der Waals surface area contributed by atoms with Gasteiger partial charge in [0, 0.05) is 23.5 Å². The highest BCUT2D eigenvalue weighted by Gasteiger charge is 2.18. The predicted molar refractivity (Wildman–Crippen MR) is 71.1 cm³/mol. The van der Waals surface area contributed by atoms with Crippen LogP contribution in [-0.2, 0) is 0 Å². The molecule has 0 radical (unpaired) electrons. The van der Waals surface area contributed by atoms with E-state index in [1.807, 2.05) is 49.9 Å². The zero-order valence-electron chi connectivity index (χ0n) is 10.0. The molecule has 0 aliphatic heterocycles. The minimum absolute atomic E-state index is 0.118. The number of benzene rings is 1. The Hall–Kier alpha value is -0.830. The second-order valence-corrected chi connectivity index (χ2v) is 4.89. The molecule has 0 N–H and O–H groups in total. The zero-order valence-corrected chi connectivity index (χ0v) is 11.6. The normalized spacial score (nSPS) is 10.6. The number of halogens is 1. The van der Waals surface area contributed by atoms with Crippen LogP contribution in [0.5, 0.6) is 0 Å². The molecule has 1 amide bonds. The van der Waals surface area contributed by atoms with Crippen LogP contribution in [0.1, 0.15) is 29.8 Å². The van der Waals surface area contributed by atoms with Gasteiger partial charge in [0.25, 0.3) is 5.91 Å². The first-order chi connectivity index (χ1) is 7.57. The molecule has 0 heterocycles. The highest BCUT2D eigenvalue weighted by atomic mass is 79.9. The van der Waals surface area contributed by atoms with Gasteiger partial charge in [0.2, 0.25) is 0 Å². The summed E-state index contributed by atoms with van der Waals surface area (Å²) in [5, 5.41) is 0.808. The van der Waals surface area contributed by atoms with Crippen LogP contribution in [0.4, 0.5) is 0 Å². The fourth-order valence-electron chi connectivity index (χ4n) is 1.65. The van der Waals surface area contributed by atoms with Crippen LogP contribution < -0.4 is 0 Å². The van der Waals surface area contributed by atoms with Crippen LogP contribution in [0.25, 0.3) is 0 Å². The van der Waals surface area contributed by atoms with E-state index >= 15 is 0 Å². The lowest BCUT2D eigenvalue weighted by molar-refractivity contribution is 0.0718. The van der Waals surface area contributed by atoms with E-state index in [4.69, 9.17) is 0 Å². The van der Waals surface area contributed by atoms with Crippen LogP contribution >= 0.6 is 15.9 Å². The van der Waals surface area contributed by atoms with E-state index < -0.39 is 0 Å². The quantitative estimate of drug-likeness (QED) is 0.777. The van der Waals surface area contributed by atoms with Gasteiger partial charge in [-0.25, -0.2) is 0 Å². The van der Waals surface area contributed by atoms with Gasteiger partial charge in [-0.3, -0.25) is 4.79 Å². The second kappa shape index (κ2) is 6.04. The summed E-state index contributed by atoms with van der Waals surface area (Å²) in [5.74, 6) is 0.118. The molecule has 1 rings (SSSR count). The van der Waals surface area contributed by atoms with E-state index in [2.05, 4.69) is 15.9 Å². The van der Waals surface area contributed by atoms with E-state index in [0.717, 1.165) is 23.0 Å². The van der Waals surface area contributed by atoms with Gasteiger partial charge in [0.1, 0.15) is 0 Å². The molecule has 0 atom stereocenters. The molecule has 2 nitrogen and oxygen atoms in total. The van der Waals surface area contributed by atoms with Gasteiger partial charge >= 0.3 is 0 Å². The van der Waals surface area contributed by atoms with Crippen molar-refractivity contribution in [3.8, 4) is 0 Å². The maximum Gasteiger partial charge on any atom is 0.254 e. The molecule has 0 saturated heterocycles. The Bertz CT molecular complexity index is 363. The summed E-state index contributed by atoms with van der Waals surface area (Å²) in [6.45, 7) is 6.79. The fraction of sp³-hybridized carbons (Fsp3) is 0.462. The topological polar surface area (TPSA) is 20.3 Å².